The SMILES string of the molecule is CCOC(=O)C[C@H](C)NC(=O)Cc1ccccc1. The highest BCUT2D eigenvalue weighted by Gasteiger charge is 2.12. The monoisotopic (exact) mass is 249 g/mol. The normalized spacial score (nSPS) is 11.7. The molecule has 0 aromatic heterocycles. The van der Waals surface area contributed by atoms with Gasteiger partial charge in [-0.25, -0.2) is 0 Å². The zero-order chi connectivity index (χ0) is 13.4. The first kappa shape index (κ1) is 14.2. The van der Waals surface area contributed by atoms with Crippen molar-refractivity contribution in [2.24, 2.45) is 0 Å². The van der Waals surface area contributed by atoms with E-state index in [1.807, 2.05) is 30.3 Å². The number of rotatable bonds is 6. The fourth-order valence-electron chi connectivity index (χ4n) is 1.63. The third-order valence-corrected chi connectivity index (χ3v) is 2.39. The van der Waals surface area contributed by atoms with Crippen LogP contribution in [0.2, 0.25) is 0 Å². The van der Waals surface area contributed by atoms with Crippen molar-refractivity contribution >= 4 is 11.9 Å². The molecule has 4 heteroatoms. The van der Waals surface area contributed by atoms with Gasteiger partial charge in [0, 0.05) is 6.04 Å². The zero-order valence-corrected chi connectivity index (χ0v) is 10.8. The summed E-state index contributed by atoms with van der Waals surface area (Å²) in [5.41, 5.74) is 0.957. The molecular formula is C14H19NO3. The third kappa shape index (κ3) is 5.48. The minimum Gasteiger partial charge on any atom is -0.466 e. The second kappa shape index (κ2) is 7.48. The number of hydrogen-bond acceptors (Lipinski definition) is 3. The van der Waals surface area contributed by atoms with Crippen LogP contribution in [0.1, 0.15) is 25.8 Å². The molecule has 0 unspecified atom stereocenters. The molecule has 0 aliphatic heterocycles. The molecule has 1 N–H and O–H groups in total. The number of nitrogens with one attached hydrogen (secondary N) is 1. The molecule has 4 nitrogen and oxygen atoms in total. The zero-order valence-electron chi connectivity index (χ0n) is 10.8. The first-order valence-corrected chi connectivity index (χ1v) is 6.10. The van der Waals surface area contributed by atoms with Crippen LogP contribution >= 0.6 is 0 Å². The van der Waals surface area contributed by atoms with Crippen molar-refractivity contribution in [3.05, 3.63) is 35.9 Å². The van der Waals surface area contributed by atoms with Crippen molar-refractivity contribution in [1.29, 1.82) is 0 Å². The largest absolute Gasteiger partial charge is 0.466 e. The molecule has 0 saturated heterocycles. The Labute approximate surface area is 107 Å². The lowest BCUT2D eigenvalue weighted by Crippen LogP contribution is -2.35. The maximum absolute atomic E-state index is 11.7. The molecule has 0 radical (unpaired) electrons. The Morgan fingerprint density at radius 3 is 2.56 bits per heavy atom. The second-order valence-corrected chi connectivity index (χ2v) is 4.14. The lowest BCUT2D eigenvalue weighted by Gasteiger charge is -2.13. The first-order chi connectivity index (χ1) is 8.61. The van der Waals surface area contributed by atoms with Crippen molar-refractivity contribution in [2.45, 2.75) is 32.7 Å². The fourth-order valence-corrected chi connectivity index (χ4v) is 1.63. The van der Waals surface area contributed by atoms with Gasteiger partial charge in [-0.05, 0) is 19.4 Å². The van der Waals surface area contributed by atoms with Crippen molar-refractivity contribution in [1.82, 2.24) is 5.32 Å². The summed E-state index contributed by atoms with van der Waals surface area (Å²) in [6, 6.07) is 9.28. The molecule has 1 rings (SSSR count). The quantitative estimate of drug-likeness (QED) is 0.780. The van der Waals surface area contributed by atoms with Crippen molar-refractivity contribution in [2.75, 3.05) is 6.61 Å². The Morgan fingerprint density at radius 1 is 1.28 bits per heavy atom. The number of ether oxygens (including phenoxy) is 1. The standard InChI is InChI=1S/C14H19NO3/c1-3-18-14(17)9-11(2)15-13(16)10-12-7-5-4-6-8-12/h4-8,11H,3,9-10H2,1-2H3,(H,15,16)/t11-/m0/s1. The van der Waals surface area contributed by atoms with Crippen LogP contribution in [-0.2, 0) is 20.7 Å². The molecule has 0 spiro atoms. The summed E-state index contributed by atoms with van der Waals surface area (Å²) in [4.78, 5) is 22.9. The number of benzene rings is 1. The van der Waals surface area contributed by atoms with Crippen molar-refractivity contribution in [3.63, 3.8) is 0 Å². The maximum atomic E-state index is 11.7. The molecular weight excluding hydrogens is 230 g/mol. The van der Waals surface area contributed by atoms with Gasteiger partial charge < -0.3 is 10.1 Å². The summed E-state index contributed by atoms with van der Waals surface area (Å²) in [7, 11) is 0. The molecule has 0 aliphatic rings. The first-order valence-electron chi connectivity index (χ1n) is 6.10. The lowest BCUT2D eigenvalue weighted by molar-refractivity contribution is -0.143. The predicted molar refractivity (Wildman–Crippen MR) is 69.0 cm³/mol. The average molecular weight is 249 g/mol. The molecule has 0 aliphatic carbocycles. The van der Waals surface area contributed by atoms with Gasteiger partial charge in [-0.2, -0.15) is 0 Å². The Kier molecular flexibility index (Phi) is 5.91. The van der Waals surface area contributed by atoms with Crippen LogP contribution in [0.15, 0.2) is 30.3 Å². The van der Waals surface area contributed by atoms with Crippen molar-refractivity contribution in [3.8, 4) is 0 Å². The third-order valence-electron chi connectivity index (χ3n) is 2.39. The molecule has 0 heterocycles. The highest BCUT2D eigenvalue weighted by Crippen LogP contribution is 2.00. The van der Waals surface area contributed by atoms with E-state index in [1.165, 1.54) is 0 Å². The van der Waals surface area contributed by atoms with Gasteiger partial charge in [-0.15, -0.1) is 0 Å². The van der Waals surface area contributed by atoms with Gasteiger partial charge >= 0.3 is 5.97 Å². The van der Waals surface area contributed by atoms with E-state index in [0.29, 0.717) is 13.0 Å². The van der Waals surface area contributed by atoms with Gasteiger partial charge in [0.25, 0.3) is 0 Å². The van der Waals surface area contributed by atoms with Gasteiger partial charge in [0.2, 0.25) is 5.91 Å². The number of esters is 1. The van der Waals surface area contributed by atoms with Gasteiger partial charge in [0.05, 0.1) is 19.4 Å². The summed E-state index contributed by atoms with van der Waals surface area (Å²) < 4.78 is 4.82. The van der Waals surface area contributed by atoms with E-state index >= 15 is 0 Å². The summed E-state index contributed by atoms with van der Waals surface area (Å²) in [5.74, 6) is -0.372. The van der Waals surface area contributed by atoms with Crippen LogP contribution in [0.5, 0.6) is 0 Å². The molecule has 0 bridgehead atoms. The summed E-state index contributed by atoms with van der Waals surface area (Å²) in [6.07, 6.45) is 0.530. The Hall–Kier alpha value is -1.84. The Balaban J connectivity index is 2.34. The summed E-state index contributed by atoms with van der Waals surface area (Å²) in [6.45, 7) is 3.92. The van der Waals surface area contributed by atoms with E-state index in [2.05, 4.69) is 5.32 Å². The highest BCUT2D eigenvalue weighted by atomic mass is 16.5. The molecule has 0 fully saturated rings. The molecule has 18 heavy (non-hydrogen) atoms. The predicted octanol–water partition coefficient (Wildman–Crippen LogP) is 1.69. The van der Waals surface area contributed by atoms with Gasteiger partial charge in [-0.1, -0.05) is 30.3 Å². The number of carbonyl (C=O) groups is 2. The van der Waals surface area contributed by atoms with Crippen LogP contribution < -0.4 is 5.32 Å². The van der Waals surface area contributed by atoms with E-state index in [9.17, 15) is 9.59 Å². The summed E-state index contributed by atoms with van der Waals surface area (Å²) >= 11 is 0. The van der Waals surface area contributed by atoms with Crippen LogP contribution in [0.4, 0.5) is 0 Å². The number of carbonyl (C=O) groups excluding carboxylic acids is 2. The minimum absolute atomic E-state index is 0.0852. The molecule has 1 amide bonds. The highest BCUT2D eigenvalue weighted by molar-refractivity contribution is 5.79. The average Bonchev–Trinajstić information content (AvgIpc) is 2.29. The van der Waals surface area contributed by atoms with Gasteiger partial charge in [0.1, 0.15) is 0 Å². The molecule has 1 atom stereocenters. The van der Waals surface area contributed by atoms with Crippen LogP contribution in [-0.4, -0.2) is 24.5 Å². The van der Waals surface area contributed by atoms with E-state index in [-0.39, 0.29) is 24.3 Å². The van der Waals surface area contributed by atoms with Crippen molar-refractivity contribution < 1.29 is 14.3 Å². The second-order valence-electron chi connectivity index (χ2n) is 4.14. The van der Waals surface area contributed by atoms with Crippen LogP contribution in [0, 0.1) is 0 Å². The smallest absolute Gasteiger partial charge is 0.307 e. The molecule has 0 saturated carbocycles. The Morgan fingerprint density at radius 2 is 1.94 bits per heavy atom. The van der Waals surface area contributed by atoms with E-state index in [4.69, 9.17) is 4.74 Å². The Bertz CT molecular complexity index is 389. The molecule has 98 valence electrons. The van der Waals surface area contributed by atoms with Crippen LogP contribution in [0.3, 0.4) is 0 Å². The number of hydrogen-bond donors (Lipinski definition) is 1. The summed E-state index contributed by atoms with van der Waals surface area (Å²) in [5, 5.41) is 2.78. The van der Waals surface area contributed by atoms with E-state index in [1.54, 1.807) is 13.8 Å². The van der Waals surface area contributed by atoms with Gasteiger partial charge in [0.15, 0.2) is 0 Å². The fraction of sp³-hybridized carbons (Fsp3) is 0.429. The van der Waals surface area contributed by atoms with E-state index < -0.39 is 0 Å². The van der Waals surface area contributed by atoms with Gasteiger partial charge in [-0.3, -0.25) is 9.59 Å². The lowest BCUT2D eigenvalue weighted by atomic mass is 10.1. The minimum atomic E-state index is -0.287. The maximum Gasteiger partial charge on any atom is 0.307 e. The molecule has 1 aromatic rings. The number of amides is 1. The van der Waals surface area contributed by atoms with Crippen LogP contribution in [0.25, 0.3) is 0 Å². The topological polar surface area (TPSA) is 55.4 Å². The molecule has 1 aromatic carbocycles. The van der Waals surface area contributed by atoms with E-state index in [0.717, 1.165) is 5.56 Å².